The molecule has 114 valence electrons. The van der Waals surface area contributed by atoms with Gasteiger partial charge in [-0.15, -0.1) is 0 Å². The van der Waals surface area contributed by atoms with Crippen LogP contribution in [0, 0.1) is 6.92 Å². The van der Waals surface area contributed by atoms with E-state index in [2.05, 4.69) is 4.72 Å². The van der Waals surface area contributed by atoms with E-state index in [4.69, 9.17) is 4.74 Å². The third kappa shape index (κ3) is 2.57. The number of hydrogen-bond acceptors (Lipinski definition) is 4. The van der Waals surface area contributed by atoms with E-state index in [0.29, 0.717) is 16.9 Å². The second-order valence-corrected chi connectivity index (χ2v) is 6.79. The maximum atomic E-state index is 12.4. The molecule has 1 amide bonds. The monoisotopic (exact) mass is 317 g/mol. The molecule has 3 rings (SSSR count). The van der Waals surface area contributed by atoms with Crippen molar-refractivity contribution in [1.82, 2.24) is 4.72 Å². The van der Waals surface area contributed by atoms with Crippen LogP contribution in [0.1, 0.15) is 17.0 Å². The molecule has 0 saturated carbocycles. The Bertz CT molecular complexity index is 830. The number of hydrogen-bond donors (Lipinski definition) is 1. The van der Waals surface area contributed by atoms with Crippen LogP contribution in [-0.2, 0) is 14.8 Å². The Morgan fingerprint density at radius 1 is 1.14 bits per heavy atom. The molecule has 2 aromatic rings. The maximum absolute atomic E-state index is 12.4. The van der Waals surface area contributed by atoms with Crippen molar-refractivity contribution in [2.45, 2.75) is 17.7 Å². The number of benzene rings is 2. The minimum atomic E-state index is -3.89. The van der Waals surface area contributed by atoms with Crippen molar-refractivity contribution in [2.24, 2.45) is 0 Å². The van der Waals surface area contributed by atoms with Gasteiger partial charge in [-0.25, -0.2) is 13.1 Å². The van der Waals surface area contributed by atoms with Gasteiger partial charge in [0.1, 0.15) is 18.3 Å². The number of rotatable bonds is 3. The summed E-state index contributed by atoms with van der Waals surface area (Å²) in [5, 5.41) is 0. The Morgan fingerprint density at radius 3 is 2.59 bits per heavy atom. The summed E-state index contributed by atoms with van der Waals surface area (Å²) in [6, 6.07) is 13.7. The summed E-state index contributed by atoms with van der Waals surface area (Å²) in [4.78, 5) is 12.4. The van der Waals surface area contributed by atoms with Gasteiger partial charge in [0, 0.05) is 5.56 Å². The third-order valence-corrected chi connectivity index (χ3v) is 5.14. The average Bonchev–Trinajstić information content (AvgIpc) is 2.91. The number of carbonyl (C=O) groups excluding carboxylic acids is 1. The molecule has 0 saturated heterocycles. The van der Waals surface area contributed by atoms with Crippen LogP contribution in [0.4, 0.5) is 0 Å². The van der Waals surface area contributed by atoms with Gasteiger partial charge in [-0.2, -0.15) is 0 Å². The summed E-state index contributed by atoms with van der Waals surface area (Å²) < 4.78 is 32.3. The van der Waals surface area contributed by atoms with Crippen molar-refractivity contribution in [3.05, 3.63) is 59.7 Å². The Morgan fingerprint density at radius 2 is 1.82 bits per heavy atom. The molecule has 0 radical (unpaired) electrons. The fourth-order valence-electron chi connectivity index (χ4n) is 2.50. The minimum absolute atomic E-state index is 0.107. The van der Waals surface area contributed by atoms with E-state index < -0.39 is 21.8 Å². The van der Waals surface area contributed by atoms with Gasteiger partial charge in [0.2, 0.25) is 5.91 Å². The largest absolute Gasteiger partial charge is 0.492 e. The predicted molar refractivity (Wildman–Crippen MR) is 81.2 cm³/mol. The van der Waals surface area contributed by atoms with Crippen molar-refractivity contribution in [2.75, 3.05) is 6.61 Å². The highest BCUT2D eigenvalue weighted by molar-refractivity contribution is 7.90. The summed E-state index contributed by atoms with van der Waals surface area (Å²) in [6.07, 6.45) is 0. The Kier molecular flexibility index (Phi) is 3.62. The van der Waals surface area contributed by atoms with Crippen LogP contribution >= 0.6 is 0 Å². The van der Waals surface area contributed by atoms with E-state index >= 15 is 0 Å². The summed E-state index contributed by atoms with van der Waals surface area (Å²) in [5.41, 5.74) is 1.30. The molecule has 1 unspecified atom stereocenters. The van der Waals surface area contributed by atoms with E-state index in [-0.39, 0.29) is 11.5 Å². The second kappa shape index (κ2) is 5.46. The fourth-order valence-corrected chi connectivity index (χ4v) is 3.76. The topological polar surface area (TPSA) is 72.5 Å². The number of carbonyl (C=O) groups is 1. The molecule has 1 atom stereocenters. The lowest BCUT2D eigenvalue weighted by molar-refractivity contribution is -0.120. The van der Waals surface area contributed by atoms with Crippen LogP contribution < -0.4 is 9.46 Å². The highest BCUT2D eigenvalue weighted by Crippen LogP contribution is 2.33. The van der Waals surface area contributed by atoms with Gasteiger partial charge in [-0.1, -0.05) is 36.4 Å². The lowest BCUT2D eigenvalue weighted by Crippen LogP contribution is -2.35. The van der Waals surface area contributed by atoms with Crippen molar-refractivity contribution in [1.29, 1.82) is 0 Å². The van der Waals surface area contributed by atoms with Crippen LogP contribution in [0.3, 0.4) is 0 Å². The summed E-state index contributed by atoms with van der Waals surface area (Å²) in [5.74, 6) is -0.570. The van der Waals surface area contributed by atoms with Crippen molar-refractivity contribution in [3.8, 4) is 5.75 Å². The zero-order valence-electron chi connectivity index (χ0n) is 11.9. The van der Waals surface area contributed by atoms with Crippen LogP contribution in [-0.4, -0.2) is 20.9 Å². The lowest BCUT2D eigenvalue weighted by Gasteiger charge is -2.12. The molecule has 0 aromatic heterocycles. The first-order valence-corrected chi connectivity index (χ1v) is 8.31. The van der Waals surface area contributed by atoms with E-state index in [1.807, 2.05) is 6.07 Å². The second-order valence-electron chi connectivity index (χ2n) is 5.14. The average molecular weight is 317 g/mol. The Hall–Kier alpha value is -2.34. The van der Waals surface area contributed by atoms with Gasteiger partial charge in [-0.05, 0) is 24.6 Å². The van der Waals surface area contributed by atoms with Crippen molar-refractivity contribution in [3.63, 3.8) is 0 Å². The van der Waals surface area contributed by atoms with E-state index in [1.165, 1.54) is 6.07 Å². The number of ether oxygens (including phenoxy) is 1. The highest BCUT2D eigenvalue weighted by Gasteiger charge is 2.32. The molecular weight excluding hydrogens is 302 g/mol. The normalized spacial score (nSPS) is 16.7. The van der Waals surface area contributed by atoms with E-state index in [1.54, 1.807) is 43.3 Å². The van der Waals surface area contributed by atoms with Crippen LogP contribution in [0.15, 0.2) is 53.4 Å². The number of amides is 1. The Labute approximate surface area is 129 Å². The van der Waals surface area contributed by atoms with Gasteiger partial charge in [0.15, 0.2) is 0 Å². The van der Waals surface area contributed by atoms with Crippen LogP contribution in [0.25, 0.3) is 0 Å². The lowest BCUT2D eigenvalue weighted by atomic mass is 10.0. The summed E-state index contributed by atoms with van der Waals surface area (Å²) >= 11 is 0. The molecule has 6 heteroatoms. The predicted octanol–water partition coefficient (Wildman–Crippen LogP) is 1.98. The SMILES string of the molecule is Cc1ccccc1S(=O)(=O)NC(=O)C1COc2ccccc21. The molecule has 0 spiro atoms. The molecule has 0 fully saturated rings. The van der Waals surface area contributed by atoms with Crippen molar-refractivity contribution < 1.29 is 17.9 Å². The quantitative estimate of drug-likeness (QED) is 0.939. The van der Waals surface area contributed by atoms with Gasteiger partial charge in [0.25, 0.3) is 10.0 Å². The molecule has 1 heterocycles. The molecule has 1 aliphatic heterocycles. The fraction of sp³-hybridized carbons (Fsp3) is 0.188. The number of nitrogens with one attached hydrogen (secondary N) is 1. The standard InChI is InChI=1S/C16H15NO4S/c1-11-6-2-5-9-15(11)22(19,20)17-16(18)13-10-21-14-8-4-3-7-12(13)14/h2-9,13H,10H2,1H3,(H,17,18). The van der Waals surface area contributed by atoms with Gasteiger partial charge in [-0.3, -0.25) is 4.79 Å². The number of sulfonamides is 1. The number of para-hydroxylation sites is 1. The maximum Gasteiger partial charge on any atom is 0.264 e. The number of fused-ring (bicyclic) bond motifs is 1. The molecule has 2 aromatic carbocycles. The van der Waals surface area contributed by atoms with Crippen LogP contribution in [0.5, 0.6) is 5.75 Å². The van der Waals surface area contributed by atoms with Gasteiger partial charge < -0.3 is 4.74 Å². The van der Waals surface area contributed by atoms with E-state index in [0.717, 1.165) is 0 Å². The first-order chi connectivity index (χ1) is 10.5. The first kappa shape index (κ1) is 14.6. The molecule has 0 bridgehead atoms. The van der Waals surface area contributed by atoms with Crippen molar-refractivity contribution >= 4 is 15.9 Å². The highest BCUT2D eigenvalue weighted by atomic mass is 32.2. The van der Waals surface area contributed by atoms with Crippen LogP contribution in [0.2, 0.25) is 0 Å². The Balaban J connectivity index is 1.85. The van der Waals surface area contributed by atoms with Gasteiger partial charge in [0.05, 0.1) is 4.90 Å². The zero-order chi connectivity index (χ0) is 15.7. The molecule has 1 N–H and O–H groups in total. The molecular formula is C16H15NO4S. The summed E-state index contributed by atoms with van der Waals surface area (Å²) in [7, 11) is -3.89. The first-order valence-electron chi connectivity index (χ1n) is 6.83. The molecule has 22 heavy (non-hydrogen) atoms. The summed E-state index contributed by atoms with van der Waals surface area (Å²) in [6.45, 7) is 1.83. The van der Waals surface area contributed by atoms with E-state index in [9.17, 15) is 13.2 Å². The van der Waals surface area contributed by atoms with Gasteiger partial charge >= 0.3 is 0 Å². The zero-order valence-corrected chi connectivity index (χ0v) is 12.8. The number of aryl methyl sites for hydroxylation is 1. The third-order valence-electron chi connectivity index (χ3n) is 3.63. The molecule has 1 aliphatic rings. The smallest absolute Gasteiger partial charge is 0.264 e. The minimum Gasteiger partial charge on any atom is -0.492 e. The molecule has 5 nitrogen and oxygen atoms in total. The molecule has 0 aliphatic carbocycles.